The molecule has 0 radical (unpaired) electrons. The fourth-order valence-corrected chi connectivity index (χ4v) is 4.15. The third kappa shape index (κ3) is 5.12. The summed E-state index contributed by atoms with van der Waals surface area (Å²) >= 11 is 15.1. The van der Waals surface area contributed by atoms with Crippen LogP contribution in [-0.2, 0) is 10.5 Å². The molecule has 22 heavy (non-hydrogen) atoms. The summed E-state index contributed by atoms with van der Waals surface area (Å²) < 4.78 is 0.766. The van der Waals surface area contributed by atoms with E-state index in [4.69, 9.17) is 23.2 Å². The molecule has 2 aromatic rings. The summed E-state index contributed by atoms with van der Waals surface area (Å²) in [5.74, 6) is 0.584. The number of carbonyl (C=O) groups excluding carboxylic acids is 1. The zero-order valence-electron chi connectivity index (χ0n) is 11.9. The lowest BCUT2D eigenvalue weighted by atomic mass is 10.2. The predicted molar refractivity (Wildman–Crippen MR) is 94.1 cm³/mol. The minimum atomic E-state index is -0.0244. The van der Waals surface area contributed by atoms with Crippen molar-refractivity contribution in [3.63, 3.8) is 0 Å². The molecule has 0 spiro atoms. The van der Waals surface area contributed by atoms with Crippen molar-refractivity contribution in [2.24, 2.45) is 0 Å². The van der Waals surface area contributed by atoms with Crippen molar-refractivity contribution < 1.29 is 4.79 Å². The van der Waals surface area contributed by atoms with Crippen LogP contribution >= 0.6 is 46.3 Å². The summed E-state index contributed by atoms with van der Waals surface area (Å²) in [6.45, 7) is 2.05. The van der Waals surface area contributed by atoms with Gasteiger partial charge in [-0.1, -0.05) is 65.7 Å². The summed E-state index contributed by atoms with van der Waals surface area (Å²) in [6.07, 6.45) is 2.37. The van der Waals surface area contributed by atoms with Gasteiger partial charge in [0, 0.05) is 22.2 Å². The lowest BCUT2D eigenvalue weighted by molar-refractivity contribution is -0.116. The van der Waals surface area contributed by atoms with Crippen LogP contribution in [0.3, 0.4) is 0 Å². The van der Waals surface area contributed by atoms with Gasteiger partial charge in [-0.2, -0.15) is 0 Å². The molecule has 1 aromatic heterocycles. The van der Waals surface area contributed by atoms with Crippen LogP contribution in [0.2, 0.25) is 10.0 Å². The molecule has 0 aliphatic carbocycles. The first-order chi connectivity index (χ1) is 10.6. The van der Waals surface area contributed by atoms with E-state index in [1.54, 1.807) is 0 Å². The molecule has 0 aliphatic rings. The Morgan fingerprint density at radius 3 is 2.73 bits per heavy atom. The van der Waals surface area contributed by atoms with E-state index in [2.05, 4.69) is 15.5 Å². The fraction of sp³-hybridized carbons (Fsp3) is 0.357. The number of halogens is 2. The van der Waals surface area contributed by atoms with Gasteiger partial charge in [0.15, 0.2) is 4.34 Å². The predicted octanol–water partition coefficient (Wildman–Crippen LogP) is 5.27. The van der Waals surface area contributed by atoms with Crippen molar-refractivity contribution in [2.45, 2.75) is 36.3 Å². The molecule has 1 heterocycles. The first-order valence-electron chi connectivity index (χ1n) is 6.79. The second-order valence-corrected chi connectivity index (χ2v) is 7.53. The van der Waals surface area contributed by atoms with E-state index in [-0.39, 0.29) is 5.91 Å². The molecule has 118 valence electrons. The van der Waals surface area contributed by atoms with Crippen molar-refractivity contribution in [2.75, 3.05) is 5.32 Å². The zero-order chi connectivity index (χ0) is 15.9. The summed E-state index contributed by atoms with van der Waals surface area (Å²) in [6, 6.07) is 5.43. The summed E-state index contributed by atoms with van der Waals surface area (Å²) in [7, 11) is 0. The minimum absolute atomic E-state index is 0.0244. The molecule has 0 aliphatic heterocycles. The van der Waals surface area contributed by atoms with Crippen LogP contribution in [0.4, 0.5) is 5.13 Å². The molecule has 1 N–H and O–H groups in total. The molecular formula is C14H15Cl2N3OS2. The second-order valence-electron chi connectivity index (χ2n) is 4.51. The smallest absolute Gasteiger partial charge is 0.226 e. The number of nitrogens with zero attached hydrogens (tertiary/aromatic N) is 2. The molecule has 1 aromatic carbocycles. The van der Waals surface area contributed by atoms with Gasteiger partial charge in [-0.15, -0.1) is 10.2 Å². The highest BCUT2D eigenvalue weighted by atomic mass is 35.5. The number of rotatable bonds is 7. The molecule has 8 heteroatoms. The molecule has 0 fully saturated rings. The van der Waals surface area contributed by atoms with Crippen LogP contribution < -0.4 is 5.32 Å². The summed E-state index contributed by atoms with van der Waals surface area (Å²) in [4.78, 5) is 11.6. The number of hydrogen-bond acceptors (Lipinski definition) is 5. The van der Waals surface area contributed by atoms with Crippen LogP contribution in [-0.4, -0.2) is 16.1 Å². The maximum Gasteiger partial charge on any atom is 0.226 e. The van der Waals surface area contributed by atoms with E-state index >= 15 is 0 Å². The Labute approximate surface area is 147 Å². The molecule has 0 bridgehead atoms. The van der Waals surface area contributed by atoms with Crippen LogP contribution in [0.1, 0.15) is 31.7 Å². The highest BCUT2D eigenvalue weighted by Crippen LogP contribution is 2.33. The number of hydrogen-bond donors (Lipinski definition) is 1. The fourth-order valence-electron chi connectivity index (χ4n) is 1.64. The number of unbranched alkanes of at least 4 members (excludes halogenated alkanes) is 1. The van der Waals surface area contributed by atoms with Crippen LogP contribution in [0.25, 0.3) is 0 Å². The number of carbonyl (C=O) groups is 1. The van der Waals surface area contributed by atoms with Crippen LogP contribution in [0, 0.1) is 0 Å². The molecule has 1 amide bonds. The molecule has 0 unspecified atom stereocenters. The Bertz CT molecular complexity index is 629. The maximum atomic E-state index is 11.6. The van der Waals surface area contributed by atoms with E-state index in [0.717, 1.165) is 22.7 Å². The van der Waals surface area contributed by atoms with E-state index in [1.807, 2.05) is 25.1 Å². The molecule has 0 saturated carbocycles. The third-order valence-electron chi connectivity index (χ3n) is 2.81. The van der Waals surface area contributed by atoms with E-state index in [9.17, 15) is 4.79 Å². The maximum absolute atomic E-state index is 11.6. The highest BCUT2D eigenvalue weighted by Gasteiger charge is 2.11. The van der Waals surface area contributed by atoms with Crippen LogP contribution in [0.15, 0.2) is 22.5 Å². The number of anilines is 1. The van der Waals surface area contributed by atoms with Gasteiger partial charge >= 0.3 is 0 Å². The van der Waals surface area contributed by atoms with Gasteiger partial charge in [0.2, 0.25) is 11.0 Å². The Kier molecular flexibility index (Phi) is 6.95. The number of nitrogens with one attached hydrogen (secondary N) is 1. The summed E-state index contributed by atoms with van der Waals surface area (Å²) in [5, 5.41) is 12.6. The monoisotopic (exact) mass is 375 g/mol. The van der Waals surface area contributed by atoms with Gasteiger partial charge in [0.25, 0.3) is 0 Å². The normalized spacial score (nSPS) is 10.7. The van der Waals surface area contributed by atoms with Gasteiger partial charge < -0.3 is 5.32 Å². The number of aromatic nitrogens is 2. The van der Waals surface area contributed by atoms with Gasteiger partial charge in [-0.05, 0) is 24.1 Å². The van der Waals surface area contributed by atoms with E-state index in [0.29, 0.717) is 27.4 Å². The Morgan fingerprint density at radius 2 is 2.05 bits per heavy atom. The molecule has 4 nitrogen and oxygen atoms in total. The SMILES string of the molecule is CCCCC(=O)Nc1nnc(SCc2c(Cl)cccc2Cl)s1. The minimum Gasteiger partial charge on any atom is -0.301 e. The number of amides is 1. The van der Waals surface area contributed by atoms with Crippen molar-refractivity contribution in [3.8, 4) is 0 Å². The zero-order valence-corrected chi connectivity index (χ0v) is 15.1. The highest BCUT2D eigenvalue weighted by molar-refractivity contribution is 8.00. The summed E-state index contributed by atoms with van der Waals surface area (Å²) in [5.41, 5.74) is 0.875. The van der Waals surface area contributed by atoms with Gasteiger partial charge in [0.05, 0.1) is 0 Å². The number of thioether (sulfide) groups is 1. The van der Waals surface area contributed by atoms with E-state index in [1.165, 1.54) is 23.1 Å². The molecule has 0 atom stereocenters. The van der Waals surface area contributed by atoms with Crippen molar-refractivity contribution in [1.29, 1.82) is 0 Å². The van der Waals surface area contributed by atoms with Gasteiger partial charge in [-0.3, -0.25) is 4.79 Å². The number of benzene rings is 1. The Morgan fingerprint density at radius 1 is 1.32 bits per heavy atom. The first-order valence-corrected chi connectivity index (χ1v) is 9.35. The largest absolute Gasteiger partial charge is 0.301 e. The van der Waals surface area contributed by atoms with Gasteiger partial charge in [-0.25, -0.2) is 0 Å². The average molecular weight is 376 g/mol. The lowest BCUT2D eigenvalue weighted by Crippen LogP contribution is -2.10. The Hall–Kier alpha value is -0.820. The van der Waals surface area contributed by atoms with E-state index < -0.39 is 0 Å². The Balaban J connectivity index is 1.91. The van der Waals surface area contributed by atoms with Crippen molar-refractivity contribution in [1.82, 2.24) is 10.2 Å². The lowest BCUT2D eigenvalue weighted by Gasteiger charge is -2.04. The van der Waals surface area contributed by atoms with Crippen molar-refractivity contribution in [3.05, 3.63) is 33.8 Å². The third-order valence-corrected chi connectivity index (χ3v) is 5.52. The molecule has 2 rings (SSSR count). The second kappa shape index (κ2) is 8.72. The standard InChI is InChI=1S/C14H15Cl2N3OS2/c1-2-3-7-12(20)17-13-18-19-14(22-13)21-8-9-10(15)5-4-6-11(9)16/h4-6H,2-3,7-8H2,1H3,(H,17,18,20). The first kappa shape index (κ1) is 17.5. The quantitative estimate of drug-likeness (QED) is 0.529. The van der Waals surface area contributed by atoms with Crippen molar-refractivity contribution >= 4 is 57.3 Å². The van der Waals surface area contributed by atoms with Gasteiger partial charge in [0.1, 0.15) is 0 Å². The topological polar surface area (TPSA) is 54.9 Å². The molecular weight excluding hydrogens is 361 g/mol. The molecule has 0 saturated heterocycles. The van der Waals surface area contributed by atoms with Crippen LogP contribution in [0.5, 0.6) is 0 Å². The average Bonchev–Trinajstić information content (AvgIpc) is 2.92.